The van der Waals surface area contributed by atoms with Gasteiger partial charge in [-0.1, -0.05) is 11.8 Å². The van der Waals surface area contributed by atoms with E-state index in [1.54, 1.807) is 25.1 Å². The first kappa shape index (κ1) is 10.6. The molecule has 0 saturated heterocycles. The zero-order chi connectivity index (χ0) is 9.36. The third kappa shape index (κ3) is 4.92. The molecule has 4 nitrogen and oxygen atoms in total. The van der Waals surface area contributed by atoms with Crippen LogP contribution in [0.5, 0.6) is 0 Å². The zero-order valence-corrected chi connectivity index (χ0v) is 8.56. The van der Waals surface area contributed by atoms with Crippen LogP contribution < -0.4 is 5.32 Å². The Hall–Kier alpha value is -0.520. The van der Waals surface area contributed by atoms with Crippen molar-refractivity contribution in [1.82, 2.24) is 15.3 Å². The molecule has 5 heteroatoms. The molecule has 0 saturated carbocycles. The highest BCUT2D eigenvalue weighted by Gasteiger charge is 1.93. The Kier molecular flexibility index (Phi) is 5.64. The molecule has 1 rings (SSSR count). The summed E-state index contributed by atoms with van der Waals surface area (Å²) in [5.74, 6) is 1.03. The second-order valence-corrected chi connectivity index (χ2v) is 3.57. The van der Waals surface area contributed by atoms with Crippen molar-refractivity contribution in [3.05, 3.63) is 12.4 Å². The van der Waals surface area contributed by atoms with Crippen LogP contribution in [0.2, 0.25) is 0 Å². The van der Waals surface area contributed by atoms with Gasteiger partial charge in [0.1, 0.15) is 0 Å². The van der Waals surface area contributed by atoms with Crippen LogP contribution in [0.15, 0.2) is 17.6 Å². The molecule has 0 aliphatic carbocycles. The molecule has 1 aromatic heterocycles. The van der Waals surface area contributed by atoms with E-state index < -0.39 is 0 Å². The average Bonchev–Trinajstić information content (AvgIpc) is 2.63. The van der Waals surface area contributed by atoms with E-state index in [9.17, 15) is 0 Å². The number of rotatable bonds is 7. The van der Waals surface area contributed by atoms with E-state index in [2.05, 4.69) is 15.3 Å². The van der Waals surface area contributed by atoms with Crippen LogP contribution in [0, 0.1) is 0 Å². The monoisotopic (exact) mass is 201 g/mol. The number of hydrogen-bond acceptors (Lipinski definition) is 4. The Bertz CT molecular complexity index is 203. The number of imidazole rings is 1. The highest BCUT2D eigenvalue weighted by atomic mass is 32.2. The van der Waals surface area contributed by atoms with Gasteiger partial charge in [-0.2, -0.15) is 0 Å². The van der Waals surface area contributed by atoms with Gasteiger partial charge < -0.3 is 15.0 Å². The van der Waals surface area contributed by atoms with Crippen molar-refractivity contribution in [2.75, 3.05) is 32.6 Å². The van der Waals surface area contributed by atoms with Crippen molar-refractivity contribution in [3.63, 3.8) is 0 Å². The summed E-state index contributed by atoms with van der Waals surface area (Å²) in [6.45, 7) is 2.66. The Labute approximate surface area is 82.5 Å². The third-order valence-electron chi connectivity index (χ3n) is 1.47. The molecule has 0 fully saturated rings. The van der Waals surface area contributed by atoms with E-state index in [0.717, 1.165) is 30.6 Å². The van der Waals surface area contributed by atoms with Gasteiger partial charge in [0.05, 0.1) is 6.61 Å². The van der Waals surface area contributed by atoms with Crippen molar-refractivity contribution < 1.29 is 4.74 Å². The number of methoxy groups -OCH3 is 1. The van der Waals surface area contributed by atoms with Crippen LogP contribution in [0.25, 0.3) is 0 Å². The van der Waals surface area contributed by atoms with Gasteiger partial charge in [-0.05, 0) is 0 Å². The van der Waals surface area contributed by atoms with Crippen LogP contribution in [-0.2, 0) is 4.74 Å². The summed E-state index contributed by atoms with van der Waals surface area (Å²) in [5.41, 5.74) is 0. The molecule has 0 unspecified atom stereocenters. The highest BCUT2D eigenvalue weighted by Crippen LogP contribution is 2.09. The summed E-state index contributed by atoms with van der Waals surface area (Å²) >= 11 is 1.72. The standard InChI is InChI=1S/C8H15N3OS/c1-12-6-4-9-5-7-13-8-10-2-3-11-8/h2-3,9H,4-7H2,1H3,(H,10,11). The van der Waals surface area contributed by atoms with Crippen LogP contribution in [0.3, 0.4) is 0 Å². The number of aromatic amines is 1. The summed E-state index contributed by atoms with van der Waals surface area (Å²) in [4.78, 5) is 7.14. The van der Waals surface area contributed by atoms with E-state index in [4.69, 9.17) is 4.74 Å². The van der Waals surface area contributed by atoms with Crippen molar-refractivity contribution in [2.24, 2.45) is 0 Å². The Morgan fingerprint density at radius 3 is 3.23 bits per heavy atom. The molecule has 74 valence electrons. The van der Waals surface area contributed by atoms with Crippen molar-refractivity contribution >= 4 is 11.8 Å². The molecule has 2 N–H and O–H groups in total. The van der Waals surface area contributed by atoms with Crippen LogP contribution in [0.1, 0.15) is 0 Å². The lowest BCUT2D eigenvalue weighted by Gasteiger charge is -2.01. The van der Waals surface area contributed by atoms with Crippen LogP contribution in [-0.4, -0.2) is 42.5 Å². The normalized spacial score (nSPS) is 10.5. The second-order valence-electron chi connectivity index (χ2n) is 2.49. The lowest BCUT2D eigenvalue weighted by atomic mass is 10.6. The van der Waals surface area contributed by atoms with Crippen LogP contribution in [0.4, 0.5) is 0 Å². The first-order chi connectivity index (χ1) is 6.43. The van der Waals surface area contributed by atoms with Crippen molar-refractivity contribution in [2.45, 2.75) is 5.16 Å². The van der Waals surface area contributed by atoms with E-state index >= 15 is 0 Å². The fourth-order valence-corrected chi connectivity index (χ4v) is 1.58. The first-order valence-corrected chi connectivity index (χ1v) is 5.24. The number of thioether (sulfide) groups is 1. The SMILES string of the molecule is COCCNCCSc1ncc[nH]1. The molecule has 0 aliphatic rings. The number of aromatic nitrogens is 2. The number of ether oxygens (including phenoxy) is 1. The maximum Gasteiger partial charge on any atom is 0.165 e. The maximum absolute atomic E-state index is 4.91. The molecular weight excluding hydrogens is 186 g/mol. The Morgan fingerprint density at radius 1 is 1.62 bits per heavy atom. The maximum atomic E-state index is 4.91. The third-order valence-corrected chi connectivity index (χ3v) is 2.38. The van der Waals surface area contributed by atoms with Crippen molar-refractivity contribution in [1.29, 1.82) is 0 Å². The van der Waals surface area contributed by atoms with Crippen LogP contribution >= 0.6 is 11.8 Å². The predicted octanol–water partition coefficient (Wildman–Crippen LogP) is 0.738. The minimum atomic E-state index is 0.769. The Morgan fingerprint density at radius 2 is 2.54 bits per heavy atom. The molecule has 0 radical (unpaired) electrons. The summed E-state index contributed by atoms with van der Waals surface area (Å²) in [5, 5.41) is 4.24. The molecule has 0 spiro atoms. The number of hydrogen-bond donors (Lipinski definition) is 2. The molecule has 1 aromatic rings. The molecule has 0 atom stereocenters. The zero-order valence-electron chi connectivity index (χ0n) is 7.75. The minimum Gasteiger partial charge on any atom is -0.383 e. The topological polar surface area (TPSA) is 49.9 Å². The summed E-state index contributed by atoms with van der Waals surface area (Å²) in [6.07, 6.45) is 3.60. The highest BCUT2D eigenvalue weighted by molar-refractivity contribution is 7.99. The van der Waals surface area contributed by atoms with Gasteiger partial charge in [0.2, 0.25) is 0 Å². The smallest absolute Gasteiger partial charge is 0.165 e. The largest absolute Gasteiger partial charge is 0.383 e. The first-order valence-electron chi connectivity index (χ1n) is 4.25. The summed E-state index contributed by atoms with van der Waals surface area (Å²) in [7, 11) is 1.71. The fraction of sp³-hybridized carbons (Fsp3) is 0.625. The van der Waals surface area contributed by atoms with E-state index in [0.29, 0.717) is 0 Å². The van der Waals surface area contributed by atoms with E-state index in [1.165, 1.54) is 0 Å². The molecule has 1 heterocycles. The lowest BCUT2D eigenvalue weighted by Crippen LogP contribution is -2.21. The van der Waals surface area contributed by atoms with Gasteiger partial charge >= 0.3 is 0 Å². The molecule has 0 aromatic carbocycles. The quantitative estimate of drug-likeness (QED) is 0.504. The van der Waals surface area contributed by atoms with Crippen molar-refractivity contribution in [3.8, 4) is 0 Å². The number of H-pyrrole nitrogens is 1. The molecular formula is C8H15N3OS. The van der Waals surface area contributed by atoms with Gasteiger partial charge in [-0.15, -0.1) is 0 Å². The minimum absolute atomic E-state index is 0.769. The van der Waals surface area contributed by atoms with Gasteiger partial charge in [-0.25, -0.2) is 4.98 Å². The number of nitrogens with one attached hydrogen (secondary N) is 2. The summed E-state index contributed by atoms with van der Waals surface area (Å²) < 4.78 is 4.91. The molecule has 0 amide bonds. The van der Waals surface area contributed by atoms with E-state index in [1.807, 2.05) is 6.20 Å². The van der Waals surface area contributed by atoms with Gasteiger partial charge in [0, 0.05) is 38.3 Å². The fourth-order valence-electron chi connectivity index (χ4n) is 0.849. The lowest BCUT2D eigenvalue weighted by molar-refractivity contribution is 0.200. The second kappa shape index (κ2) is 6.94. The predicted molar refractivity (Wildman–Crippen MR) is 54.1 cm³/mol. The van der Waals surface area contributed by atoms with Gasteiger partial charge in [0.15, 0.2) is 5.16 Å². The van der Waals surface area contributed by atoms with E-state index in [-0.39, 0.29) is 0 Å². The Balaban J connectivity index is 1.90. The molecule has 0 bridgehead atoms. The van der Waals surface area contributed by atoms with Gasteiger partial charge in [0.25, 0.3) is 0 Å². The average molecular weight is 201 g/mol. The molecule has 0 aliphatic heterocycles. The number of nitrogens with zero attached hydrogens (tertiary/aromatic N) is 1. The van der Waals surface area contributed by atoms with Gasteiger partial charge in [-0.3, -0.25) is 0 Å². The molecule has 13 heavy (non-hydrogen) atoms. The summed E-state index contributed by atoms with van der Waals surface area (Å²) in [6, 6.07) is 0.